The zero-order chi connectivity index (χ0) is 23.3. The van der Waals surface area contributed by atoms with Crippen molar-refractivity contribution in [2.24, 2.45) is 0 Å². The Labute approximate surface area is 203 Å². The maximum atomic E-state index is 13.3. The highest BCUT2D eigenvalue weighted by Crippen LogP contribution is 2.35. The highest BCUT2D eigenvalue weighted by molar-refractivity contribution is 9.10. The van der Waals surface area contributed by atoms with Crippen LogP contribution in [0.5, 0.6) is 11.5 Å². The van der Waals surface area contributed by atoms with Crippen LogP contribution in [0.1, 0.15) is 17.0 Å². The van der Waals surface area contributed by atoms with Crippen LogP contribution < -0.4 is 19.7 Å². The quantitative estimate of drug-likeness (QED) is 0.312. The molecule has 9 heteroatoms. The second kappa shape index (κ2) is 8.17. The number of hydrogen-bond donors (Lipinski definition) is 1. The molecule has 0 bridgehead atoms. The molecule has 3 heterocycles. The Hall–Kier alpha value is -3.43. The van der Waals surface area contributed by atoms with E-state index in [2.05, 4.69) is 21.2 Å². The van der Waals surface area contributed by atoms with Crippen LogP contribution in [-0.4, -0.2) is 28.3 Å². The minimum Gasteiger partial charge on any atom is -0.454 e. The van der Waals surface area contributed by atoms with Crippen molar-refractivity contribution in [3.8, 4) is 17.2 Å². The van der Waals surface area contributed by atoms with Gasteiger partial charge in [0.1, 0.15) is 5.57 Å². The summed E-state index contributed by atoms with van der Waals surface area (Å²) >= 11 is 8.69. The number of aryl methyl sites for hydroxylation is 1. The van der Waals surface area contributed by atoms with Crippen LogP contribution in [-0.2, 0) is 9.59 Å². The molecule has 2 aromatic carbocycles. The van der Waals surface area contributed by atoms with Gasteiger partial charge in [0.05, 0.1) is 5.69 Å². The van der Waals surface area contributed by atoms with Crippen LogP contribution in [0, 0.1) is 13.8 Å². The first-order valence-corrected chi connectivity index (χ1v) is 11.3. The molecular formula is C24H18BrN3O4S. The smallest absolute Gasteiger partial charge is 0.270 e. The summed E-state index contributed by atoms with van der Waals surface area (Å²) in [5, 5.41) is 2.67. The molecule has 3 aromatic rings. The van der Waals surface area contributed by atoms with Crippen molar-refractivity contribution in [2.45, 2.75) is 13.8 Å². The molecule has 7 nitrogen and oxygen atoms in total. The first-order valence-electron chi connectivity index (χ1n) is 10.1. The van der Waals surface area contributed by atoms with E-state index in [1.807, 2.05) is 48.7 Å². The first-order chi connectivity index (χ1) is 15.8. The number of amides is 2. The fraction of sp³-hybridized carbons (Fsp3) is 0.125. The molecule has 1 N–H and O–H groups in total. The van der Waals surface area contributed by atoms with Crippen molar-refractivity contribution < 1.29 is 19.1 Å². The van der Waals surface area contributed by atoms with E-state index in [0.717, 1.165) is 27.1 Å². The van der Waals surface area contributed by atoms with Gasteiger partial charge in [-0.2, -0.15) is 0 Å². The van der Waals surface area contributed by atoms with E-state index in [-0.39, 0.29) is 17.5 Å². The van der Waals surface area contributed by atoms with E-state index in [1.165, 1.54) is 4.90 Å². The maximum absolute atomic E-state index is 13.3. The normalized spacial score (nSPS) is 16.5. The fourth-order valence-corrected chi connectivity index (χ4v) is 4.69. The third kappa shape index (κ3) is 3.73. The Kier molecular flexibility index (Phi) is 5.30. The SMILES string of the molecule is Cc1cc(C=C2C(=O)NC(=S)N(c3cccc(Br)c3)C2=O)c(C)n1-c1ccc2c(c1)OCO2. The number of aromatic nitrogens is 1. The minimum absolute atomic E-state index is 0.00881. The number of fused-ring (bicyclic) bond motifs is 1. The van der Waals surface area contributed by atoms with E-state index < -0.39 is 11.8 Å². The van der Waals surface area contributed by atoms with E-state index in [1.54, 1.807) is 24.3 Å². The lowest BCUT2D eigenvalue weighted by molar-refractivity contribution is -0.122. The van der Waals surface area contributed by atoms with Crippen LogP contribution in [0.4, 0.5) is 5.69 Å². The number of carbonyl (C=O) groups is 2. The third-order valence-electron chi connectivity index (χ3n) is 5.55. The average Bonchev–Trinajstić information content (AvgIpc) is 3.34. The summed E-state index contributed by atoms with van der Waals surface area (Å²) in [5.41, 5.74) is 4.05. The van der Waals surface area contributed by atoms with Crippen molar-refractivity contribution in [2.75, 3.05) is 11.7 Å². The van der Waals surface area contributed by atoms with Crippen molar-refractivity contribution in [3.05, 3.63) is 75.5 Å². The Morgan fingerprint density at radius 2 is 1.82 bits per heavy atom. The molecule has 0 spiro atoms. The number of ether oxygens (including phenoxy) is 2. The van der Waals surface area contributed by atoms with Gasteiger partial charge in [-0.05, 0) is 74.1 Å². The molecule has 0 aliphatic carbocycles. The standard InChI is InChI=1S/C24H18BrN3O4S/c1-13-8-15(14(2)27(13)18-6-7-20-21(11-18)32-12-31-20)9-19-22(29)26-24(33)28(23(19)30)17-5-3-4-16(25)10-17/h3-11H,12H2,1-2H3,(H,26,29,33). The number of nitrogens with zero attached hydrogens (tertiary/aromatic N) is 2. The van der Waals surface area contributed by atoms with E-state index in [0.29, 0.717) is 17.2 Å². The summed E-state index contributed by atoms with van der Waals surface area (Å²) in [5.74, 6) is 0.385. The molecule has 0 saturated carbocycles. The minimum atomic E-state index is -0.524. The fourth-order valence-electron chi connectivity index (χ4n) is 4.02. The maximum Gasteiger partial charge on any atom is 0.270 e. The van der Waals surface area contributed by atoms with Crippen LogP contribution >= 0.6 is 28.1 Å². The van der Waals surface area contributed by atoms with Crippen LogP contribution in [0.2, 0.25) is 0 Å². The highest BCUT2D eigenvalue weighted by atomic mass is 79.9. The number of rotatable bonds is 3. The van der Waals surface area contributed by atoms with Gasteiger partial charge in [0.15, 0.2) is 16.6 Å². The van der Waals surface area contributed by atoms with Crippen LogP contribution in [0.25, 0.3) is 11.8 Å². The van der Waals surface area contributed by atoms with Gasteiger partial charge in [0, 0.05) is 27.6 Å². The third-order valence-corrected chi connectivity index (χ3v) is 6.33. The highest BCUT2D eigenvalue weighted by Gasteiger charge is 2.34. The predicted molar refractivity (Wildman–Crippen MR) is 132 cm³/mol. The topological polar surface area (TPSA) is 72.8 Å². The number of hydrogen-bond acceptors (Lipinski definition) is 5. The van der Waals surface area contributed by atoms with Gasteiger partial charge in [-0.25, -0.2) is 0 Å². The van der Waals surface area contributed by atoms with Crippen LogP contribution in [0.3, 0.4) is 0 Å². The molecule has 0 radical (unpaired) electrons. The molecule has 1 fully saturated rings. The van der Waals surface area contributed by atoms with Crippen molar-refractivity contribution in [1.82, 2.24) is 9.88 Å². The average molecular weight is 524 g/mol. The summed E-state index contributed by atoms with van der Waals surface area (Å²) in [4.78, 5) is 27.3. The predicted octanol–water partition coefficient (Wildman–Crippen LogP) is 4.42. The number of benzene rings is 2. The van der Waals surface area contributed by atoms with Crippen LogP contribution in [0.15, 0.2) is 58.6 Å². The summed E-state index contributed by atoms with van der Waals surface area (Å²) in [6.45, 7) is 4.10. The monoisotopic (exact) mass is 523 g/mol. The number of thiocarbonyl (C=S) groups is 1. The van der Waals surface area contributed by atoms with Crippen molar-refractivity contribution in [3.63, 3.8) is 0 Å². The molecule has 0 atom stereocenters. The second-order valence-electron chi connectivity index (χ2n) is 7.64. The molecule has 2 aliphatic heterocycles. The Bertz CT molecular complexity index is 1380. The molecule has 1 aromatic heterocycles. The summed E-state index contributed by atoms with van der Waals surface area (Å²) in [6, 6.07) is 14.8. The summed E-state index contributed by atoms with van der Waals surface area (Å²) < 4.78 is 13.7. The molecule has 5 rings (SSSR count). The Balaban J connectivity index is 1.54. The van der Waals surface area contributed by atoms with Gasteiger partial charge in [-0.1, -0.05) is 22.0 Å². The summed E-state index contributed by atoms with van der Waals surface area (Å²) in [7, 11) is 0. The van der Waals surface area contributed by atoms with E-state index in [9.17, 15) is 9.59 Å². The number of halogens is 1. The molecule has 33 heavy (non-hydrogen) atoms. The molecule has 166 valence electrons. The first kappa shape index (κ1) is 21.4. The number of carbonyl (C=O) groups excluding carboxylic acids is 2. The largest absolute Gasteiger partial charge is 0.454 e. The van der Waals surface area contributed by atoms with Gasteiger partial charge in [0.2, 0.25) is 6.79 Å². The van der Waals surface area contributed by atoms with Gasteiger partial charge < -0.3 is 14.0 Å². The van der Waals surface area contributed by atoms with Gasteiger partial charge in [0.25, 0.3) is 11.8 Å². The van der Waals surface area contributed by atoms with Crippen molar-refractivity contribution >= 4 is 56.8 Å². The zero-order valence-electron chi connectivity index (χ0n) is 17.7. The molecule has 0 unspecified atom stereocenters. The second-order valence-corrected chi connectivity index (χ2v) is 8.94. The van der Waals surface area contributed by atoms with E-state index in [4.69, 9.17) is 21.7 Å². The van der Waals surface area contributed by atoms with Gasteiger partial charge >= 0.3 is 0 Å². The molecule has 2 aliphatic rings. The van der Waals surface area contributed by atoms with E-state index >= 15 is 0 Å². The number of nitrogens with one attached hydrogen (secondary N) is 1. The van der Waals surface area contributed by atoms with Gasteiger partial charge in [-0.15, -0.1) is 0 Å². The zero-order valence-corrected chi connectivity index (χ0v) is 20.1. The molecule has 1 saturated heterocycles. The lowest BCUT2D eigenvalue weighted by Crippen LogP contribution is -2.54. The van der Waals surface area contributed by atoms with Crippen molar-refractivity contribution in [1.29, 1.82) is 0 Å². The lowest BCUT2D eigenvalue weighted by Gasteiger charge is -2.29. The Morgan fingerprint density at radius 3 is 2.61 bits per heavy atom. The Morgan fingerprint density at radius 1 is 1.03 bits per heavy atom. The number of anilines is 1. The lowest BCUT2D eigenvalue weighted by atomic mass is 10.1. The molecule has 2 amide bonds. The van der Waals surface area contributed by atoms with Gasteiger partial charge in [-0.3, -0.25) is 19.8 Å². The molecular weight excluding hydrogens is 506 g/mol. The summed E-state index contributed by atoms with van der Waals surface area (Å²) in [6.07, 6.45) is 1.61.